The van der Waals surface area contributed by atoms with Gasteiger partial charge < -0.3 is 10.4 Å². The maximum atomic E-state index is 13.5. The summed E-state index contributed by atoms with van der Waals surface area (Å²) >= 11 is 0. The summed E-state index contributed by atoms with van der Waals surface area (Å²) in [7, 11) is 0. The fourth-order valence-corrected chi connectivity index (χ4v) is 1.93. The minimum absolute atomic E-state index is 0.00958. The van der Waals surface area contributed by atoms with E-state index in [0.29, 0.717) is 6.07 Å². The van der Waals surface area contributed by atoms with E-state index in [1.54, 1.807) is 0 Å². The normalized spacial score (nSPS) is 23.5. The quantitative estimate of drug-likeness (QED) is 0.818. The Labute approximate surface area is 95.2 Å². The largest absolute Gasteiger partial charge is 0.481 e. The zero-order valence-electron chi connectivity index (χ0n) is 8.61. The van der Waals surface area contributed by atoms with Crippen LogP contribution >= 0.6 is 0 Å². The lowest BCUT2D eigenvalue weighted by atomic mass is 9.94. The van der Waals surface area contributed by atoms with Crippen molar-refractivity contribution in [2.24, 2.45) is 5.92 Å². The van der Waals surface area contributed by atoms with E-state index in [0.717, 1.165) is 12.1 Å². The first-order valence-electron chi connectivity index (χ1n) is 4.96. The molecule has 2 atom stereocenters. The summed E-state index contributed by atoms with van der Waals surface area (Å²) in [5, 5.41) is 11.3. The Hall–Kier alpha value is -1.98. The Morgan fingerprint density at radius 2 is 2.12 bits per heavy atom. The third-order valence-corrected chi connectivity index (χ3v) is 2.74. The summed E-state index contributed by atoms with van der Waals surface area (Å²) in [5.41, 5.74) is -0.00958. The molecule has 6 heteroatoms. The number of hydrogen-bond donors (Lipinski definition) is 2. The Bertz CT molecular complexity index is 490. The molecular weight excluding hydrogens is 232 g/mol. The lowest BCUT2D eigenvalue weighted by Crippen LogP contribution is -2.25. The molecule has 0 unspecified atom stereocenters. The number of rotatable bonds is 2. The van der Waals surface area contributed by atoms with Crippen LogP contribution in [0.2, 0.25) is 0 Å². The number of carbonyl (C=O) groups excluding carboxylic acids is 1. The second kappa shape index (κ2) is 4.12. The first-order chi connectivity index (χ1) is 7.99. The monoisotopic (exact) mass is 241 g/mol. The van der Waals surface area contributed by atoms with Gasteiger partial charge in [0.15, 0.2) is 0 Å². The minimum atomic E-state index is -1.18. The van der Waals surface area contributed by atoms with Gasteiger partial charge in [-0.1, -0.05) is 6.07 Å². The Balaban J connectivity index is 2.38. The number of carboxylic acid groups (broad SMARTS) is 1. The van der Waals surface area contributed by atoms with Crippen LogP contribution in [0.25, 0.3) is 0 Å². The van der Waals surface area contributed by atoms with Crippen molar-refractivity contribution in [2.75, 3.05) is 0 Å². The number of halogens is 2. The van der Waals surface area contributed by atoms with E-state index in [1.165, 1.54) is 0 Å². The van der Waals surface area contributed by atoms with Crippen molar-refractivity contribution in [2.45, 2.75) is 12.5 Å². The van der Waals surface area contributed by atoms with Crippen molar-refractivity contribution in [3.63, 3.8) is 0 Å². The first kappa shape index (κ1) is 11.5. The van der Waals surface area contributed by atoms with Crippen LogP contribution in [0.1, 0.15) is 18.0 Å². The van der Waals surface area contributed by atoms with Crippen LogP contribution in [-0.4, -0.2) is 17.0 Å². The second-order valence-corrected chi connectivity index (χ2v) is 3.86. The lowest BCUT2D eigenvalue weighted by molar-refractivity contribution is -0.142. The van der Waals surface area contributed by atoms with E-state index < -0.39 is 35.5 Å². The van der Waals surface area contributed by atoms with Gasteiger partial charge in [-0.15, -0.1) is 0 Å². The molecule has 1 saturated heterocycles. The van der Waals surface area contributed by atoms with Gasteiger partial charge >= 0.3 is 5.97 Å². The summed E-state index contributed by atoms with van der Waals surface area (Å²) in [6.07, 6.45) is -0.198. The predicted molar refractivity (Wildman–Crippen MR) is 53.0 cm³/mol. The van der Waals surface area contributed by atoms with Crippen LogP contribution in [0, 0.1) is 17.6 Å². The highest BCUT2D eigenvalue weighted by molar-refractivity contribution is 5.87. The molecule has 1 heterocycles. The molecular formula is C11H9F2NO3. The number of amides is 1. The van der Waals surface area contributed by atoms with Gasteiger partial charge in [0.25, 0.3) is 0 Å². The predicted octanol–water partition coefficient (Wildman–Crippen LogP) is 1.23. The molecule has 1 aliphatic rings. The average molecular weight is 241 g/mol. The van der Waals surface area contributed by atoms with Gasteiger partial charge in [0.05, 0.1) is 12.0 Å². The van der Waals surface area contributed by atoms with Crippen LogP contribution in [0.15, 0.2) is 18.2 Å². The van der Waals surface area contributed by atoms with Crippen LogP contribution < -0.4 is 5.32 Å². The van der Waals surface area contributed by atoms with Crippen LogP contribution in [0.5, 0.6) is 0 Å². The molecule has 0 saturated carbocycles. The fourth-order valence-electron chi connectivity index (χ4n) is 1.93. The number of carboxylic acids is 1. The van der Waals surface area contributed by atoms with Gasteiger partial charge in [-0.3, -0.25) is 9.59 Å². The summed E-state index contributed by atoms with van der Waals surface area (Å²) in [6.45, 7) is 0. The third-order valence-electron chi connectivity index (χ3n) is 2.74. The standard InChI is InChI=1S/C11H9F2NO3/c12-5-1-2-6(8(13)3-5)10-7(11(16)17)4-9(15)14-10/h1-3,7,10H,4H2,(H,14,15)(H,16,17)/t7-,10+/m1/s1. The Morgan fingerprint density at radius 3 is 2.71 bits per heavy atom. The van der Waals surface area contributed by atoms with Gasteiger partial charge in [0.2, 0.25) is 5.91 Å². The minimum Gasteiger partial charge on any atom is -0.481 e. The Morgan fingerprint density at radius 1 is 1.41 bits per heavy atom. The SMILES string of the molecule is O=C1C[C@@H](C(=O)O)[C@H](c2ccc(F)cc2F)N1. The maximum Gasteiger partial charge on any atom is 0.309 e. The highest BCUT2D eigenvalue weighted by Gasteiger charge is 2.39. The zero-order valence-corrected chi connectivity index (χ0v) is 8.61. The summed E-state index contributed by atoms with van der Waals surface area (Å²) in [4.78, 5) is 22.1. The molecule has 1 fully saturated rings. The molecule has 0 spiro atoms. The number of hydrogen-bond acceptors (Lipinski definition) is 2. The molecule has 4 nitrogen and oxygen atoms in total. The van der Waals surface area contributed by atoms with Gasteiger partial charge in [-0.2, -0.15) is 0 Å². The van der Waals surface area contributed by atoms with Crippen molar-refractivity contribution < 1.29 is 23.5 Å². The number of benzene rings is 1. The molecule has 1 amide bonds. The first-order valence-corrected chi connectivity index (χ1v) is 4.96. The highest BCUT2D eigenvalue weighted by Crippen LogP contribution is 2.32. The van der Waals surface area contributed by atoms with Crippen molar-refractivity contribution in [3.05, 3.63) is 35.4 Å². The van der Waals surface area contributed by atoms with E-state index in [-0.39, 0.29) is 12.0 Å². The van der Waals surface area contributed by atoms with E-state index in [1.807, 2.05) is 0 Å². The van der Waals surface area contributed by atoms with Crippen LogP contribution in [0.3, 0.4) is 0 Å². The molecule has 1 aliphatic heterocycles. The molecule has 90 valence electrons. The molecule has 2 N–H and O–H groups in total. The average Bonchev–Trinajstić information content (AvgIpc) is 2.60. The number of aliphatic carboxylic acids is 1. The molecule has 0 aromatic heterocycles. The molecule has 17 heavy (non-hydrogen) atoms. The van der Waals surface area contributed by atoms with Crippen molar-refractivity contribution in [1.82, 2.24) is 5.32 Å². The highest BCUT2D eigenvalue weighted by atomic mass is 19.1. The summed E-state index contributed by atoms with van der Waals surface area (Å²) in [6, 6.07) is 1.90. The lowest BCUT2D eigenvalue weighted by Gasteiger charge is -2.16. The van der Waals surface area contributed by atoms with Crippen molar-refractivity contribution in [1.29, 1.82) is 0 Å². The zero-order chi connectivity index (χ0) is 12.6. The van der Waals surface area contributed by atoms with Crippen LogP contribution in [0.4, 0.5) is 8.78 Å². The van der Waals surface area contributed by atoms with Gasteiger partial charge in [0.1, 0.15) is 11.6 Å². The molecule has 0 bridgehead atoms. The van der Waals surface area contributed by atoms with Crippen molar-refractivity contribution in [3.8, 4) is 0 Å². The fraction of sp³-hybridized carbons (Fsp3) is 0.273. The molecule has 0 aliphatic carbocycles. The van der Waals surface area contributed by atoms with Gasteiger partial charge in [-0.05, 0) is 6.07 Å². The topological polar surface area (TPSA) is 66.4 Å². The van der Waals surface area contributed by atoms with E-state index >= 15 is 0 Å². The molecule has 0 radical (unpaired) electrons. The van der Waals surface area contributed by atoms with Gasteiger partial charge in [0, 0.05) is 18.1 Å². The van der Waals surface area contributed by atoms with Crippen LogP contribution in [-0.2, 0) is 9.59 Å². The number of carbonyl (C=O) groups is 2. The third kappa shape index (κ3) is 2.11. The smallest absolute Gasteiger partial charge is 0.309 e. The Kier molecular flexibility index (Phi) is 2.79. The summed E-state index contributed by atoms with van der Waals surface area (Å²) < 4.78 is 26.2. The molecule has 1 aromatic rings. The maximum absolute atomic E-state index is 13.5. The van der Waals surface area contributed by atoms with E-state index in [9.17, 15) is 18.4 Å². The molecule has 1 aromatic carbocycles. The van der Waals surface area contributed by atoms with Gasteiger partial charge in [-0.25, -0.2) is 8.78 Å². The summed E-state index contributed by atoms with van der Waals surface area (Å²) in [5.74, 6) is -4.27. The second-order valence-electron chi connectivity index (χ2n) is 3.86. The van der Waals surface area contributed by atoms with E-state index in [2.05, 4.69) is 5.32 Å². The van der Waals surface area contributed by atoms with E-state index in [4.69, 9.17) is 5.11 Å². The van der Waals surface area contributed by atoms with Crippen molar-refractivity contribution >= 4 is 11.9 Å². The number of nitrogens with one attached hydrogen (secondary N) is 1. The molecule has 2 rings (SSSR count).